The van der Waals surface area contributed by atoms with Gasteiger partial charge in [-0.05, 0) is 38.4 Å². The summed E-state index contributed by atoms with van der Waals surface area (Å²) in [6.45, 7) is 5.07. The van der Waals surface area contributed by atoms with Gasteiger partial charge in [0.15, 0.2) is 0 Å². The summed E-state index contributed by atoms with van der Waals surface area (Å²) in [5.41, 5.74) is 6.22. The fourth-order valence-corrected chi connectivity index (χ4v) is 2.20. The van der Waals surface area contributed by atoms with Crippen molar-refractivity contribution in [2.45, 2.75) is 19.8 Å². The van der Waals surface area contributed by atoms with Crippen LogP contribution in [0.5, 0.6) is 0 Å². The van der Waals surface area contributed by atoms with Gasteiger partial charge in [0.2, 0.25) is 0 Å². The molecule has 0 radical (unpaired) electrons. The van der Waals surface area contributed by atoms with Crippen LogP contribution in [0.3, 0.4) is 0 Å². The number of nitrogen functional groups attached to an aromatic ring is 1. The summed E-state index contributed by atoms with van der Waals surface area (Å²) in [6, 6.07) is 0. The highest BCUT2D eigenvalue weighted by molar-refractivity contribution is 5.98. The monoisotopic (exact) mass is 251 g/mol. The van der Waals surface area contributed by atoms with Gasteiger partial charge in [0, 0.05) is 6.54 Å². The van der Waals surface area contributed by atoms with Crippen LogP contribution in [-0.2, 0) is 0 Å². The predicted molar refractivity (Wildman–Crippen MR) is 70.2 cm³/mol. The first-order valence-electron chi connectivity index (χ1n) is 6.26. The number of nitrogens with two attached hydrogens (primary N) is 1. The molecule has 0 aliphatic carbocycles. The van der Waals surface area contributed by atoms with Gasteiger partial charge < -0.3 is 16.0 Å². The predicted octanol–water partition coefficient (Wildman–Crippen LogP) is 0.454. The van der Waals surface area contributed by atoms with Crippen LogP contribution < -0.4 is 11.1 Å². The molecule has 1 amide bonds. The number of carbonyl (C=O) groups excluding carboxylic acids is 1. The molecule has 0 unspecified atom stereocenters. The molecule has 6 heteroatoms. The molecule has 4 N–H and O–H groups in total. The zero-order valence-corrected chi connectivity index (χ0v) is 11.0. The Bertz CT molecular complexity index is 420. The topological polar surface area (TPSA) is 87.0 Å². The van der Waals surface area contributed by atoms with Crippen LogP contribution >= 0.6 is 0 Å². The molecule has 2 heterocycles. The molecule has 0 spiro atoms. The van der Waals surface area contributed by atoms with Gasteiger partial charge in [0.25, 0.3) is 5.91 Å². The van der Waals surface area contributed by atoms with Gasteiger partial charge in [-0.2, -0.15) is 5.10 Å². The van der Waals surface area contributed by atoms with E-state index in [0.29, 0.717) is 17.9 Å². The van der Waals surface area contributed by atoms with E-state index in [0.717, 1.165) is 25.9 Å². The number of rotatable bonds is 3. The molecule has 2 rings (SSSR count). The average Bonchev–Trinajstić information content (AvgIpc) is 2.77. The molecule has 1 aromatic rings. The molecule has 0 bridgehead atoms. The van der Waals surface area contributed by atoms with E-state index in [9.17, 15) is 4.79 Å². The summed E-state index contributed by atoms with van der Waals surface area (Å²) < 4.78 is 0. The van der Waals surface area contributed by atoms with Crippen LogP contribution in [0, 0.1) is 5.41 Å². The molecule has 0 atom stereocenters. The minimum absolute atomic E-state index is 0.151. The van der Waals surface area contributed by atoms with Gasteiger partial charge in [-0.1, -0.05) is 6.92 Å². The first kappa shape index (κ1) is 12.9. The SMILES string of the molecule is CN1CCC(C)(CNC(=O)c2cn[nH]c2N)CC1. The third kappa shape index (κ3) is 2.81. The van der Waals surface area contributed by atoms with E-state index in [1.54, 1.807) is 0 Å². The van der Waals surface area contributed by atoms with E-state index in [1.807, 2.05) is 0 Å². The summed E-state index contributed by atoms with van der Waals surface area (Å²) in [7, 11) is 2.13. The van der Waals surface area contributed by atoms with Crippen molar-refractivity contribution >= 4 is 11.7 Å². The molecular weight excluding hydrogens is 230 g/mol. The Hall–Kier alpha value is -1.56. The molecule has 0 aromatic carbocycles. The molecule has 0 saturated carbocycles. The van der Waals surface area contributed by atoms with Crippen molar-refractivity contribution in [2.75, 3.05) is 32.4 Å². The molecule has 1 saturated heterocycles. The van der Waals surface area contributed by atoms with Crippen molar-refractivity contribution in [1.82, 2.24) is 20.4 Å². The standard InChI is InChI=1S/C12H21N5O/c1-12(3-5-17(2)6-4-12)8-14-11(18)9-7-15-16-10(9)13/h7H,3-6,8H2,1-2H3,(H,14,18)(H3,13,15,16). The maximum Gasteiger partial charge on any atom is 0.256 e. The number of nitrogens with zero attached hydrogens (tertiary/aromatic N) is 2. The van der Waals surface area contributed by atoms with E-state index < -0.39 is 0 Å². The van der Waals surface area contributed by atoms with Crippen LogP contribution in [0.1, 0.15) is 30.1 Å². The number of likely N-dealkylation sites (tertiary alicyclic amines) is 1. The third-order valence-corrected chi connectivity index (χ3v) is 3.78. The summed E-state index contributed by atoms with van der Waals surface area (Å²) in [5.74, 6) is 0.169. The summed E-state index contributed by atoms with van der Waals surface area (Å²) in [6.07, 6.45) is 3.66. The number of hydrogen-bond donors (Lipinski definition) is 3. The molecule has 1 aliphatic rings. The quantitative estimate of drug-likeness (QED) is 0.728. The van der Waals surface area contributed by atoms with Crippen molar-refractivity contribution in [3.05, 3.63) is 11.8 Å². The second kappa shape index (κ2) is 4.97. The summed E-state index contributed by atoms with van der Waals surface area (Å²) in [5, 5.41) is 9.26. The van der Waals surface area contributed by atoms with Crippen LogP contribution in [0.15, 0.2) is 6.20 Å². The lowest BCUT2D eigenvalue weighted by molar-refractivity contribution is 0.0892. The summed E-state index contributed by atoms with van der Waals surface area (Å²) in [4.78, 5) is 14.2. The zero-order valence-electron chi connectivity index (χ0n) is 11.0. The van der Waals surface area contributed by atoms with Crippen LogP contribution in [-0.4, -0.2) is 47.7 Å². The lowest BCUT2D eigenvalue weighted by atomic mass is 9.80. The number of nitrogens with one attached hydrogen (secondary N) is 2. The Labute approximate surface area is 107 Å². The molecule has 1 fully saturated rings. The first-order valence-corrected chi connectivity index (χ1v) is 6.26. The number of anilines is 1. The fraction of sp³-hybridized carbons (Fsp3) is 0.667. The Morgan fingerprint density at radius 3 is 2.83 bits per heavy atom. The van der Waals surface area contributed by atoms with E-state index in [4.69, 9.17) is 5.73 Å². The van der Waals surface area contributed by atoms with Crippen molar-refractivity contribution in [3.63, 3.8) is 0 Å². The highest BCUT2D eigenvalue weighted by Crippen LogP contribution is 2.29. The van der Waals surface area contributed by atoms with Crippen LogP contribution in [0.2, 0.25) is 0 Å². The van der Waals surface area contributed by atoms with Gasteiger partial charge in [0.1, 0.15) is 11.4 Å². The molecule has 1 aliphatic heterocycles. The lowest BCUT2D eigenvalue weighted by Gasteiger charge is -2.37. The van der Waals surface area contributed by atoms with Gasteiger partial charge >= 0.3 is 0 Å². The van der Waals surface area contributed by atoms with Crippen molar-refractivity contribution in [3.8, 4) is 0 Å². The number of aromatic amines is 1. The number of aromatic nitrogens is 2. The normalized spacial score (nSPS) is 19.7. The Balaban J connectivity index is 1.88. The number of hydrogen-bond acceptors (Lipinski definition) is 4. The van der Waals surface area contributed by atoms with Gasteiger partial charge in [0.05, 0.1) is 6.20 Å². The Kier molecular flexibility index (Phi) is 3.56. The number of amides is 1. The summed E-state index contributed by atoms with van der Waals surface area (Å²) >= 11 is 0. The first-order chi connectivity index (χ1) is 8.50. The molecule has 1 aromatic heterocycles. The third-order valence-electron chi connectivity index (χ3n) is 3.78. The van der Waals surface area contributed by atoms with Crippen LogP contribution in [0.25, 0.3) is 0 Å². The lowest BCUT2D eigenvalue weighted by Crippen LogP contribution is -2.43. The van der Waals surface area contributed by atoms with Crippen molar-refractivity contribution in [1.29, 1.82) is 0 Å². The van der Waals surface area contributed by atoms with Crippen molar-refractivity contribution in [2.24, 2.45) is 5.41 Å². The number of H-pyrrole nitrogens is 1. The highest BCUT2D eigenvalue weighted by atomic mass is 16.1. The number of carbonyl (C=O) groups is 1. The largest absolute Gasteiger partial charge is 0.383 e. The van der Waals surface area contributed by atoms with E-state index >= 15 is 0 Å². The van der Waals surface area contributed by atoms with Crippen molar-refractivity contribution < 1.29 is 4.79 Å². The van der Waals surface area contributed by atoms with Gasteiger partial charge in [-0.15, -0.1) is 0 Å². The Morgan fingerprint density at radius 2 is 2.28 bits per heavy atom. The zero-order chi connectivity index (χ0) is 13.2. The fourth-order valence-electron chi connectivity index (χ4n) is 2.20. The molecule has 6 nitrogen and oxygen atoms in total. The minimum Gasteiger partial charge on any atom is -0.383 e. The van der Waals surface area contributed by atoms with Crippen LogP contribution in [0.4, 0.5) is 5.82 Å². The molecule has 100 valence electrons. The Morgan fingerprint density at radius 1 is 1.61 bits per heavy atom. The highest BCUT2D eigenvalue weighted by Gasteiger charge is 2.29. The molecule has 18 heavy (non-hydrogen) atoms. The van der Waals surface area contributed by atoms with Gasteiger partial charge in [-0.25, -0.2) is 0 Å². The smallest absolute Gasteiger partial charge is 0.256 e. The van der Waals surface area contributed by atoms with Gasteiger partial charge in [-0.3, -0.25) is 9.89 Å². The van der Waals surface area contributed by atoms with E-state index in [1.165, 1.54) is 6.20 Å². The maximum absolute atomic E-state index is 11.9. The number of piperidine rings is 1. The second-order valence-corrected chi connectivity index (χ2v) is 5.49. The second-order valence-electron chi connectivity index (χ2n) is 5.49. The van der Waals surface area contributed by atoms with E-state index in [-0.39, 0.29) is 11.3 Å². The van der Waals surface area contributed by atoms with E-state index in [2.05, 4.69) is 34.4 Å². The average molecular weight is 251 g/mol. The minimum atomic E-state index is -0.151. The molecular formula is C12H21N5O. The maximum atomic E-state index is 11.9.